The molecule has 1 aromatic carbocycles. The molecule has 0 bridgehead atoms. The van der Waals surface area contributed by atoms with E-state index in [1.54, 1.807) is 18.4 Å². The van der Waals surface area contributed by atoms with E-state index in [0.29, 0.717) is 19.7 Å². The van der Waals surface area contributed by atoms with Crippen molar-refractivity contribution >= 4 is 41.3 Å². The van der Waals surface area contributed by atoms with E-state index in [0.717, 1.165) is 28.8 Å². The minimum absolute atomic E-state index is 0. The van der Waals surface area contributed by atoms with E-state index in [1.165, 1.54) is 0 Å². The topological polar surface area (TPSA) is 58.5 Å². The fourth-order valence-corrected chi connectivity index (χ4v) is 2.59. The average molecular weight is 446 g/mol. The Morgan fingerprint density at radius 2 is 2.04 bits per heavy atom. The van der Waals surface area contributed by atoms with Gasteiger partial charge in [0.1, 0.15) is 12.4 Å². The zero-order chi connectivity index (χ0) is 15.6. The lowest BCUT2D eigenvalue weighted by atomic mass is 10.3. The second kappa shape index (κ2) is 11.2. The Hall–Kier alpha value is -1.35. The molecule has 0 aliphatic heterocycles. The lowest BCUT2D eigenvalue weighted by Gasteiger charge is -2.11. The van der Waals surface area contributed by atoms with Crippen LogP contribution in [-0.2, 0) is 13.0 Å². The number of aliphatic imine (C=N–C) groups is 1. The number of para-hydroxylation sites is 1. The summed E-state index contributed by atoms with van der Waals surface area (Å²) in [6.07, 6.45) is 0.981. The van der Waals surface area contributed by atoms with Crippen LogP contribution in [0.25, 0.3) is 0 Å². The Morgan fingerprint density at radius 3 is 2.70 bits per heavy atom. The van der Waals surface area contributed by atoms with Crippen molar-refractivity contribution in [3.63, 3.8) is 0 Å². The highest BCUT2D eigenvalue weighted by Gasteiger charge is 2.02. The first-order valence-corrected chi connectivity index (χ1v) is 8.25. The van der Waals surface area contributed by atoms with Gasteiger partial charge in [0.05, 0.1) is 23.8 Å². The molecule has 2 rings (SSSR count). The minimum atomic E-state index is 0. The molecule has 7 heteroatoms. The normalized spacial score (nSPS) is 10.8. The van der Waals surface area contributed by atoms with Crippen LogP contribution in [-0.4, -0.2) is 31.1 Å². The molecular weight excluding hydrogens is 423 g/mol. The largest absolute Gasteiger partial charge is 0.492 e. The van der Waals surface area contributed by atoms with Gasteiger partial charge in [-0.05, 0) is 18.6 Å². The highest BCUT2D eigenvalue weighted by Crippen LogP contribution is 2.09. The summed E-state index contributed by atoms with van der Waals surface area (Å²) in [6, 6.07) is 9.78. The monoisotopic (exact) mass is 446 g/mol. The molecule has 0 amide bonds. The van der Waals surface area contributed by atoms with Crippen molar-refractivity contribution in [1.29, 1.82) is 0 Å². The van der Waals surface area contributed by atoms with E-state index >= 15 is 0 Å². The third-order valence-corrected chi connectivity index (χ3v) is 4.01. The van der Waals surface area contributed by atoms with Gasteiger partial charge in [-0.1, -0.05) is 25.1 Å². The molecule has 0 saturated heterocycles. The summed E-state index contributed by atoms with van der Waals surface area (Å²) in [7, 11) is 1.76. The predicted molar refractivity (Wildman–Crippen MR) is 107 cm³/mol. The summed E-state index contributed by atoms with van der Waals surface area (Å²) in [5, 5.41) is 9.71. The molecule has 2 aromatic rings. The summed E-state index contributed by atoms with van der Waals surface area (Å²) >= 11 is 1.70. The van der Waals surface area contributed by atoms with Crippen molar-refractivity contribution in [3.8, 4) is 5.75 Å². The second-order valence-electron chi connectivity index (χ2n) is 4.60. The van der Waals surface area contributed by atoms with Crippen molar-refractivity contribution < 1.29 is 4.74 Å². The van der Waals surface area contributed by atoms with E-state index < -0.39 is 0 Å². The van der Waals surface area contributed by atoms with Crippen LogP contribution in [0.3, 0.4) is 0 Å². The van der Waals surface area contributed by atoms with Gasteiger partial charge < -0.3 is 15.4 Å². The number of benzene rings is 1. The molecule has 1 heterocycles. The van der Waals surface area contributed by atoms with E-state index in [2.05, 4.69) is 32.9 Å². The first-order chi connectivity index (χ1) is 10.8. The lowest BCUT2D eigenvalue weighted by molar-refractivity contribution is 0.322. The standard InChI is InChI=1S/C16H22N4OS.HI/c1-3-15-20-13(12-22-15)11-19-16(17-2)18-9-10-21-14-7-5-4-6-8-14;/h4-8,12H,3,9-11H2,1-2H3,(H2,17,18,19);1H. The molecule has 5 nitrogen and oxygen atoms in total. The average Bonchev–Trinajstić information content (AvgIpc) is 3.03. The van der Waals surface area contributed by atoms with Crippen molar-refractivity contribution in [1.82, 2.24) is 15.6 Å². The van der Waals surface area contributed by atoms with Gasteiger partial charge in [0, 0.05) is 12.4 Å². The Morgan fingerprint density at radius 1 is 1.26 bits per heavy atom. The fraction of sp³-hybridized carbons (Fsp3) is 0.375. The van der Waals surface area contributed by atoms with Crippen molar-refractivity contribution in [3.05, 3.63) is 46.4 Å². The number of guanidine groups is 1. The zero-order valence-corrected chi connectivity index (χ0v) is 16.6. The van der Waals surface area contributed by atoms with Gasteiger partial charge in [-0.15, -0.1) is 35.3 Å². The summed E-state index contributed by atoms with van der Waals surface area (Å²) in [6.45, 7) is 4.06. The smallest absolute Gasteiger partial charge is 0.191 e. The van der Waals surface area contributed by atoms with Gasteiger partial charge in [-0.25, -0.2) is 4.98 Å². The number of ether oxygens (including phenoxy) is 1. The summed E-state index contributed by atoms with van der Waals surface area (Å²) in [5.41, 5.74) is 1.05. The molecule has 0 aliphatic carbocycles. The number of halogens is 1. The molecule has 2 N–H and O–H groups in total. The van der Waals surface area contributed by atoms with Crippen molar-refractivity contribution in [2.75, 3.05) is 20.2 Å². The third-order valence-electron chi connectivity index (χ3n) is 2.97. The number of nitrogens with zero attached hydrogens (tertiary/aromatic N) is 2. The number of hydrogen-bond donors (Lipinski definition) is 2. The lowest BCUT2D eigenvalue weighted by Crippen LogP contribution is -2.38. The molecule has 0 fully saturated rings. The van der Waals surface area contributed by atoms with Crippen LogP contribution >= 0.6 is 35.3 Å². The summed E-state index contributed by atoms with van der Waals surface area (Å²) in [4.78, 5) is 8.71. The molecule has 0 saturated carbocycles. The van der Waals surface area contributed by atoms with E-state index in [1.807, 2.05) is 30.3 Å². The first kappa shape index (κ1) is 19.7. The molecule has 23 heavy (non-hydrogen) atoms. The van der Waals surface area contributed by atoms with Crippen LogP contribution in [0.2, 0.25) is 0 Å². The number of aromatic nitrogens is 1. The Labute approximate surface area is 158 Å². The minimum Gasteiger partial charge on any atom is -0.492 e. The summed E-state index contributed by atoms with van der Waals surface area (Å²) in [5.74, 6) is 1.63. The highest BCUT2D eigenvalue weighted by atomic mass is 127. The van der Waals surface area contributed by atoms with E-state index in [9.17, 15) is 0 Å². The molecule has 126 valence electrons. The predicted octanol–water partition coefficient (Wildman–Crippen LogP) is 3.07. The Kier molecular flexibility index (Phi) is 9.61. The fourth-order valence-electron chi connectivity index (χ4n) is 1.84. The molecule has 1 aromatic heterocycles. The second-order valence-corrected chi connectivity index (χ2v) is 5.54. The van der Waals surface area contributed by atoms with Gasteiger partial charge >= 0.3 is 0 Å². The quantitative estimate of drug-likeness (QED) is 0.297. The Bertz CT molecular complexity index is 589. The molecule has 0 spiro atoms. The van der Waals surface area contributed by atoms with E-state index in [-0.39, 0.29) is 24.0 Å². The molecule has 0 aliphatic rings. The maximum Gasteiger partial charge on any atom is 0.191 e. The van der Waals surface area contributed by atoms with Crippen LogP contribution in [0, 0.1) is 0 Å². The zero-order valence-electron chi connectivity index (χ0n) is 13.4. The number of hydrogen-bond acceptors (Lipinski definition) is 4. The SMILES string of the molecule is CCc1nc(CNC(=NC)NCCOc2ccccc2)cs1.I. The third kappa shape index (κ3) is 7.17. The van der Waals surface area contributed by atoms with E-state index in [4.69, 9.17) is 4.74 Å². The van der Waals surface area contributed by atoms with Crippen molar-refractivity contribution in [2.24, 2.45) is 4.99 Å². The first-order valence-electron chi connectivity index (χ1n) is 7.37. The summed E-state index contributed by atoms with van der Waals surface area (Å²) < 4.78 is 5.63. The van der Waals surface area contributed by atoms with Crippen LogP contribution in [0.1, 0.15) is 17.6 Å². The van der Waals surface area contributed by atoms with Gasteiger partial charge in [0.25, 0.3) is 0 Å². The highest BCUT2D eigenvalue weighted by molar-refractivity contribution is 14.0. The number of nitrogens with one attached hydrogen (secondary N) is 2. The van der Waals surface area contributed by atoms with Crippen LogP contribution < -0.4 is 15.4 Å². The van der Waals surface area contributed by atoms with Crippen LogP contribution in [0.4, 0.5) is 0 Å². The number of rotatable bonds is 7. The maximum atomic E-state index is 5.63. The Balaban J connectivity index is 0.00000264. The number of thiazole rings is 1. The van der Waals surface area contributed by atoms with Crippen LogP contribution in [0.15, 0.2) is 40.7 Å². The van der Waals surface area contributed by atoms with Gasteiger partial charge in [-0.2, -0.15) is 0 Å². The van der Waals surface area contributed by atoms with Gasteiger partial charge in [-0.3, -0.25) is 4.99 Å². The van der Waals surface area contributed by atoms with Gasteiger partial charge in [0.15, 0.2) is 5.96 Å². The van der Waals surface area contributed by atoms with Crippen LogP contribution in [0.5, 0.6) is 5.75 Å². The van der Waals surface area contributed by atoms with Gasteiger partial charge in [0.2, 0.25) is 0 Å². The molecule has 0 radical (unpaired) electrons. The van der Waals surface area contributed by atoms with Crippen molar-refractivity contribution in [2.45, 2.75) is 19.9 Å². The molecule has 0 unspecified atom stereocenters. The number of aryl methyl sites for hydroxylation is 1. The molecule has 0 atom stereocenters. The maximum absolute atomic E-state index is 5.63. The molecular formula is C16H23IN4OS.